The first-order valence-corrected chi connectivity index (χ1v) is 11.7. The van der Waals surface area contributed by atoms with Crippen LogP contribution in [0.5, 0.6) is 11.5 Å². The minimum atomic E-state index is -1.82. The summed E-state index contributed by atoms with van der Waals surface area (Å²) in [6.07, 6.45) is 5.27. The van der Waals surface area contributed by atoms with Gasteiger partial charge >= 0.3 is 11.9 Å². The van der Waals surface area contributed by atoms with E-state index in [1.807, 2.05) is 12.1 Å². The highest BCUT2D eigenvalue weighted by Gasteiger charge is 2.50. The number of aliphatic hydroxyl groups is 1. The Kier molecular flexibility index (Phi) is 8.93. The van der Waals surface area contributed by atoms with Gasteiger partial charge < -0.3 is 34.8 Å². The molecule has 1 fully saturated rings. The lowest BCUT2D eigenvalue weighted by Gasteiger charge is -2.56. The van der Waals surface area contributed by atoms with Crippen LogP contribution in [0.2, 0.25) is 0 Å². The topological polar surface area (TPSA) is 135 Å². The second-order valence-electron chi connectivity index (χ2n) is 9.53. The van der Waals surface area contributed by atoms with E-state index in [1.165, 1.54) is 24.0 Å². The van der Waals surface area contributed by atoms with Gasteiger partial charge in [-0.2, -0.15) is 0 Å². The van der Waals surface area contributed by atoms with Crippen molar-refractivity contribution in [2.24, 2.45) is 17.3 Å². The Labute approximate surface area is 199 Å². The smallest absolute Gasteiger partial charge is 0.414 e. The van der Waals surface area contributed by atoms with E-state index in [1.54, 1.807) is 0 Å². The van der Waals surface area contributed by atoms with Gasteiger partial charge in [-0.15, -0.1) is 0 Å². The van der Waals surface area contributed by atoms with Crippen LogP contribution in [0.1, 0.15) is 32.3 Å². The predicted molar refractivity (Wildman–Crippen MR) is 124 cm³/mol. The Morgan fingerprint density at radius 1 is 1.18 bits per heavy atom. The van der Waals surface area contributed by atoms with Crippen LogP contribution in [-0.2, 0) is 20.7 Å². The molecule has 4 N–H and O–H groups in total. The van der Waals surface area contributed by atoms with E-state index >= 15 is 0 Å². The number of nitrogens with one attached hydrogen (secondary N) is 1. The number of hydrogen-bond donors (Lipinski definition) is 4. The number of benzene rings is 1. The van der Waals surface area contributed by atoms with Crippen molar-refractivity contribution in [3.63, 3.8) is 0 Å². The van der Waals surface area contributed by atoms with Crippen molar-refractivity contribution in [1.29, 1.82) is 0 Å². The third-order valence-electron chi connectivity index (χ3n) is 6.92. The van der Waals surface area contributed by atoms with Crippen LogP contribution < -0.4 is 14.8 Å². The zero-order valence-corrected chi connectivity index (χ0v) is 19.8. The molecule has 0 spiro atoms. The molecule has 1 aliphatic heterocycles. The molecule has 9 heteroatoms. The summed E-state index contributed by atoms with van der Waals surface area (Å²) in [5.74, 6) is -0.470. The zero-order valence-electron chi connectivity index (χ0n) is 19.8. The maximum Gasteiger partial charge on any atom is 0.414 e. The third kappa shape index (κ3) is 6.71. The van der Waals surface area contributed by atoms with Crippen LogP contribution in [0.4, 0.5) is 0 Å². The van der Waals surface area contributed by atoms with Crippen molar-refractivity contribution >= 4 is 11.9 Å². The summed E-state index contributed by atoms with van der Waals surface area (Å²) in [6, 6.07) is 6.08. The van der Waals surface area contributed by atoms with Crippen molar-refractivity contribution in [1.82, 2.24) is 5.32 Å². The van der Waals surface area contributed by atoms with Gasteiger partial charge in [-0.1, -0.05) is 26.0 Å². The van der Waals surface area contributed by atoms with Crippen LogP contribution in [0.15, 0.2) is 29.8 Å². The number of aliphatic hydroxyl groups excluding tert-OH is 1. The maximum absolute atomic E-state index is 10.2. The van der Waals surface area contributed by atoms with E-state index in [2.05, 4.69) is 31.3 Å². The lowest BCUT2D eigenvalue weighted by molar-refractivity contribution is -0.159. The first-order valence-electron chi connectivity index (χ1n) is 11.7. The largest absolute Gasteiger partial charge is 0.486 e. The quantitative estimate of drug-likeness (QED) is 0.240. The lowest BCUT2D eigenvalue weighted by Crippen LogP contribution is -2.48. The molecule has 34 heavy (non-hydrogen) atoms. The van der Waals surface area contributed by atoms with Crippen molar-refractivity contribution in [3.8, 4) is 11.5 Å². The summed E-state index contributed by atoms with van der Waals surface area (Å²) >= 11 is 0. The molecular formula is C25H35NO8. The van der Waals surface area contributed by atoms with Gasteiger partial charge in [-0.25, -0.2) is 9.59 Å². The number of aliphatic carboxylic acids is 2. The van der Waals surface area contributed by atoms with Gasteiger partial charge in [0.05, 0.1) is 19.3 Å². The summed E-state index contributed by atoms with van der Waals surface area (Å²) in [7, 11) is 0. The van der Waals surface area contributed by atoms with Crippen molar-refractivity contribution in [3.05, 3.63) is 35.4 Å². The molecule has 3 atom stereocenters. The molecule has 188 valence electrons. The summed E-state index contributed by atoms with van der Waals surface area (Å²) in [5.41, 5.74) is 3.07. The molecule has 0 saturated heterocycles. The highest BCUT2D eigenvalue weighted by atomic mass is 16.6. The SMILES string of the molecule is CC1(C)C2CC=C(COCC(O)CNCCc3ccc4c(c3)OCCO4)C1C2.O=C(O)C(=O)O. The highest BCUT2D eigenvalue weighted by Crippen LogP contribution is 2.59. The molecule has 3 unspecified atom stereocenters. The Balaban J connectivity index is 0.000000481. The molecule has 0 aromatic heterocycles. The van der Waals surface area contributed by atoms with Crippen molar-refractivity contribution in [2.45, 2.75) is 39.2 Å². The van der Waals surface area contributed by atoms with E-state index in [0.717, 1.165) is 30.4 Å². The van der Waals surface area contributed by atoms with Crippen LogP contribution in [0.3, 0.4) is 0 Å². The van der Waals surface area contributed by atoms with Crippen LogP contribution >= 0.6 is 0 Å². The molecule has 2 bridgehead atoms. The molecule has 1 aromatic rings. The van der Waals surface area contributed by atoms with Gasteiger partial charge in [0.2, 0.25) is 0 Å². The average Bonchev–Trinajstić information content (AvgIpc) is 2.82. The van der Waals surface area contributed by atoms with Crippen LogP contribution in [0.25, 0.3) is 0 Å². The Morgan fingerprint density at radius 3 is 2.53 bits per heavy atom. The minimum Gasteiger partial charge on any atom is -0.486 e. The standard InChI is InChI=1S/C23H33NO4.C2H2O4/c1-23(2)18-5-4-17(20(23)12-18)14-26-15-19(25)13-24-8-7-16-3-6-21-22(11-16)28-10-9-27-21;3-1(4)2(5)6/h3-4,6,11,18-20,24-25H,5,7-10,12-15H2,1-2H3;(H,3,4)(H,5,6). The number of rotatable bonds is 9. The summed E-state index contributed by atoms with van der Waals surface area (Å²) in [6.45, 7) is 8.36. The van der Waals surface area contributed by atoms with Gasteiger partial charge in [-0.3, -0.25) is 0 Å². The molecule has 0 amide bonds. The van der Waals surface area contributed by atoms with E-state index in [0.29, 0.717) is 44.3 Å². The number of ether oxygens (including phenoxy) is 3. The number of fused-ring (bicyclic) bond motifs is 2. The van der Waals surface area contributed by atoms with E-state index in [4.69, 9.17) is 34.0 Å². The van der Waals surface area contributed by atoms with Crippen LogP contribution in [0, 0.1) is 17.3 Å². The van der Waals surface area contributed by atoms with Gasteiger partial charge in [-0.05, 0) is 66.3 Å². The van der Waals surface area contributed by atoms with Crippen molar-refractivity contribution in [2.75, 3.05) is 39.5 Å². The molecule has 0 radical (unpaired) electrons. The fraction of sp³-hybridized carbons (Fsp3) is 0.600. The van der Waals surface area contributed by atoms with Gasteiger partial charge in [0, 0.05) is 6.54 Å². The number of allylic oxidation sites excluding steroid dienone is 1. The molecule has 1 heterocycles. The third-order valence-corrected chi connectivity index (χ3v) is 6.92. The summed E-state index contributed by atoms with van der Waals surface area (Å²) < 4.78 is 17.0. The molecular weight excluding hydrogens is 442 g/mol. The predicted octanol–water partition coefficient (Wildman–Crippen LogP) is 2.12. The normalized spacial score (nSPS) is 22.4. The Bertz CT molecular complexity index is 885. The van der Waals surface area contributed by atoms with Crippen LogP contribution in [-0.4, -0.2) is 72.9 Å². The monoisotopic (exact) mass is 477 g/mol. The molecule has 9 nitrogen and oxygen atoms in total. The Hall–Kier alpha value is -2.62. The van der Waals surface area contributed by atoms with Crippen molar-refractivity contribution < 1.29 is 39.1 Å². The first-order chi connectivity index (χ1) is 16.2. The maximum atomic E-state index is 10.2. The van der Waals surface area contributed by atoms with Gasteiger partial charge in [0.25, 0.3) is 0 Å². The molecule has 1 saturated carbocycles. The average molecular weight is 478 g/mol. The second-order valence-corrected chi connectivity index (χ2v) is 9.53. The minimum absolute atomic E-state index is 0.380. The fourth-order valence-electron chi connectivity index (χ4n) is 4.76. The summed E-state index contributed by atoms with van der Waals surface area (Å²) in [5, 5.41) is 28.3. The first kappa shape index (κ1) is 26.0. The highest BCUT2D eigenvalue weighted by molar-refractivity contribution is 6.27. The van der Waals surface area contributed by atoms with E-state index in [9.17, 15) is 5.11 Å². The second kappa shape index (κ2) is 11.7. The van der Waals surface area contributed by atoms with Gasteiger partial charge in [0.1, 0.15) is 13.2 Å². The van der Waals surface area contributed by atoms with E-state index in [-0.39, 0.29) is 0 Å². The lowest BCUT2D eigenvalue weighted by atomic mass is 9.49. The Morgan fingerprint density at radius 2 is 1.88 bits per heavy atom. The van der Waals surface area contributed by atoms with E-state index < -0.39 is 18.0 Å². The molecule has 1 aromatic carbocycles. The molecule has 5 rings (SSSR count). The number of carbonyl (C=O) groups is 2. The molecule has 3 aliphatic carbocycles. The fourth-order valence-corrected chi connectivity index (χ4v) is 4.76. The molecule has 4 aliphatic rings. The van der Waals surface area contributed by atoms with Gasteiger partial charge in [0.15, 0.2) is 11.5 Å². The number of carboxylic acids is 2. The zero-order chi connectivity index (χ0) is 24.7. The number of hydrogen-bond acceptors (Lipinski definition) is 7. The number of carboxylic acid groups (broad SMARTS) is 2. The summed E-state index contributed by atoms with van der Waals surface area (Å²) in [4.78, 5) is 18.2.